The molecule has 2 aromatic carbocycles. The molecule has 0 fully saturated rings. The van der Waals surface area contributed by atoms with E-state index in [2.05, 4.69) is 0 Å². The summed E-state index contributed by atoms with van der Waals surface area (Å²) in [4.78, 5) is 6.79. The summed E-state index contributed by atoms with van der Waals surface area (Å²) in [5.41, 5.74) is 0. The number of fused-ring (bicyclic) bond motifs is 1. The third kappa shape index (κ3) is 2.33. The van der Waals surface area contributed by atoms with Crippen LogP contribution >= 0.6 is 0 Å². The van der Waals surface area contributed by atoms with Crippen molar-refractivity contribution in [3.63, 3.8) is 0 Å². The van der Waals surface area contributed by atoms with Crippen LogP contribution in [-0.2, 0) is 11.3 Å². The molecule has 0 aliphatic carbocycles. The molecular formula is C10H8NO3S-. The molecule has 5 heteroatoms. The average Bonchev–Trinajstić information content (AvgIpc) is 2.26. The standard InChI is InChI=1S/C10H9NO3S/c12-15(13)11-14-10-7-3-5-8-4-1-2-6-9(8)10/h1-7,11H,(H,12,13)/p-1. The molecular weight excluding hydrogens is 214 g/mol. The predicted octanol–water partition coefficient (Wildman–Crippen LogP) is 1.52. The van der Waals surface area contributed by atoms with Crippen LogP contribution in [0, 0.1) is 0 Å². The Kier molecular flexibility index (Phi) is 2.96. The Hall–Kier alpha value is -1.43. The van der Waals surface area contributed by atoms with Crippen LogP contribution in [0.1, 0.15) is 0 Å². The summed E-state index contributed by atoms with van der Waals surface area (Å²) in [5, 5.41) is 1.85. The summed E-state index contributed by atoms with van der Waals surface area (Å²) >= 11 is -2.43. The molecule has 0 spiro atoms. The van der Waals surface area contributed by atoms with Crippen molar-refractivity contribution < 1.29 is 13.6 Å². The van der Waals surface area contributed by atoms with Crippen LogP contribution in [0.4, 0.5) is 0 Å². The summed E-state index contributed by atoms with van der Waals surface area (Å²) in [6.07, 6.45) is 0. The topological polar surface area (TPSA) is 61.4 Å². The molecule has 0 saturated carbocycles. The summed E-state index contributed by atoms with van der Waals surface area (Å²) in [7, 11) is 0. The van der Waals surface area contributed by atoms with Gasteiger partial charge < -0.3 is 9.39 Å². The minimum absolute atomic E-state index is 0.484. The Balaban J connectivity index is 2.38. The minimum Gasteiger partial charge on any atom is -0.758 e. The highest BCUT2D eigenvalue weighted by molar-refractivity contribution is 7.76. The van der Waals surface area contributed by atoms with Crippen LogP contribution in [0.25, 0.3) is 10.8 Å². The summed E-state index contributed by atoms with van der Waals surface area (Å²) in [6.45, 7) is 0. The minimum atomic E-state index is -2.43. The van der Waals surface area contributed by atoms with Crippen molar-refractivity contribution in [2.45, 2.75) is 0 Å². The van der Waals surface area contributed by atoms with Gasteiger partial charge in [-0.2, -0.15) is 0 Å². The molecule has 78 valence electrons. The third-order valence-electron chi connectivity index (χ3n) is 1.97. The molecule has 0 saturated heterocycles. The molecule has 0 bridgehead atoms. The molecule has 0 amide bonds. The van der Waals surface area contributed by atoms with Crippen LogP contribution in [0.5, 0.6) is 5.75 Å². The van der Waals surface area contributed by atoms with Crippen molar-refractivity contribution in [1.82, 2.24) is 4.89 Å². The van der Waals surface area contributed by atoms with Gasteiger partial charge in [0.05, 0.1) is 11.3 Å². The second-order valence-electron chi connectivity index (χ2n) is 2.90. The Bertz CT molecular complexity index is 495. The van der Waals surface area contributed by atoms with Gasteiger partial charge in [0.25, 0.3) is 0 Å². The maximum atomic E-state index is 10.3. The zero-order valence-corrected chi connectivity index (χ0v) is 8.49. The number of hydrogen-bond donors (Lipinski definition) is 1. The van der Waals surface area contributed by atoms with Crippen LogP contribution in [0.15, 0.2) is 42.5 Å². The normalized spacial score (nSPS) is 12.6. The Morgan fingerprint density at radius 1 is 1.13 bits per heavy atom. The van der Waals surface area contributed by atoms with Crippen molar-refractivity contribution in [3.05, 3.63) is 42.5 Å². The SMILES string of the molecule is O=S([O-])NOc1cccc2ccccc12. The largest absolute Gasteiger partial charge is 0.758 e. The van der Waals surface area contributed by atoms with E-state index >= 15 is 0 Å². The van der Waals surface area contributed by atoms with Crippen LogP contribution in [-0.4, -0.2) is 8.76 Å². The molecule has 4 nitrogen and oxygen atoms in total. The van der Waals surface area contributed by atoms with Crippen LogP contribution < -0.4 is 9.72 Å². The second-order valence-corrected chi connectivity index (χ2v) is 3.53. The lowest BCUT2D eigenvalue weighted by Crippen LogP contribution is -2.20. The van der Waals surface area contributed by atoms with Crippen LogP contribution in [0.2, 0.25) is 0 Å². The van der Waals surface area contributed by atoms with E-state index in [0.29, 0.717) is 5.75 Å². The number of hydrogen-bond acceptors (Lipinski definition) is 3. The smallest absolute Gasteiger partial charge is 0.156 e. The number of rotatable bonds is 3. The van der Waals surface area contributed by atoms with E-state index in [1.165, 1.54) is 0 Å². The van der Waals surface area contributed by atoms with Gasteiger partial charge in [0, 0.05) is 5.39 Å². The quantitative estimate of drug-likeness (QED) is 0.632. The zero-order chi connectivity index (χ0) is 10.7. The van der Waals surface area contributed by atoms with Gasteiger partial charge in [-0.1, -0.05) is 41.3 Å². The first-order valence-corrected chi connectivity index (χ1v) is 5.34. The maximum Gasteiger partial charge on any atom is 0.156 e. The monoisotopic (exact) mass is 222 g/mol. The summed E-state index contributed by atoms with van der Waals surface area (Å²) < 4.78 is 20.5. The molecule has 15 heavy (non-hydrogen) atoms. The lowest BCUT2D eigenvalue weighted by Gasteiger charge is -2.10. The van der Waals surface area contributed by atoms with Gasteiger partial charge in [-0.15, -0.1) is 0 Å². The first-order chi connectivity index (χ1) is 7.27. The molecule has 2 aromatic rings. The van der Waals surface area contributed by atoms with E-state index in [1.807, 2.05) is 35.2 Å². The fourth-order valence-corrected chi connectivity index (χ4v) is 1.52. The van der Waals surface area contributed by atoms with Crippen molar-refractivity contribution in [2.75, 3.05) is 0 Å². The Labute approximate surface area is 89.2 Å². The molecule has 2 rings (SSSR count). The van der Waals surface area contributed by atoms with E-state index in [-0.39, 0.29) is 0 Å². The average molecular weight is 222 g/mol. The number of nitrogens with one attached hydrogen (secondary N) is 1. The lowest BCUT2D eigenvalue weighted by atomic mass is 10.1. The fourth-order valence-electron chi connectivity index (χ4n) is 1.36. The Morgan fingerprint density at radius 2 is 1.87 bits per heavy atom. The van der Waals surface area contributed by atoms with E-state index in [0.717, 1.165) is 10.8 Å². The van der Waals surface area contributed by atoms with Gasteiger partial charge in [-0.25, -0.2) is 0 Å². The van der Waals surface area contributed by atoms with Crippen LogP contribution in [0.3, 0.4) is 0 Å². The highest BCUT2D eigenvalue weighted by atomic mass is 32.2. The summed E-state index contributed by atoms with van der Waals surface area (Å²) in [5.74, 6) is 0.484. The molecule has 0 aromatic heterocycles. The van der Waals surface area contributed by atoms with E-state index in [1.54, 1.807) is 12.1 Å². The van der Waals surface area contributed by atoms with Crippen molar-refractivity contribution in [2.24, 2.45) is 0 Å². The van der Waals surface area contributed by atoms with Gasteiger partial charge in [0.2, 0.25) is 0 Å². The molecule has 0 heterocycles. The molecule has 1 N–H and O–H groups in total. The first kappa shape index (κ1) is 10.1. The highest BCUT2D eigenvalue weighted by Crippen LogP contribution is 2.24. The molecule has 1 unspecified atom stereocenters. The maximum absolute atomic E-state index is 10.3. The molecule has 1 atom stereocenters. The van der Waals surface area contributed by atoms with Crippen molar-refractivity contribution in [3.8, 4) is 5.75 Å². The predicted molar refractivity (Wildman–Crippen MR) is 56.6 cm³/mol. The first-order valence-electron chi connectivity index (χ1n) is 4.27. The third-order valence-corrected chi connectivity index (χ3v) is 2.19. The molecule has 0 aliphatic heterocycles. The molecule has 0 aliphatic rings. The van der Waals surface area contributed by atoms with Gasteiger partial charge >= 0.3 is 0 Å². The van der Waals surface area contributed by atoms with Gasteiger partial charge in [0.15, 0.2) is 5.75 Å². The number of benzene rings is 2. The van der Waals surface area contributed by atoms with Gasteiger partial charge in [0.1, 0.15) is 0 Å². The van der Waals surface area contributed by atoms with E-state index < -0.39 is 11.3 Å². The zero-order valence-electron chi connectivity index (χ0n) is 7.67. The van der Waals surface area contributed by atoms with Gasteiger partial charge in [-0.05, 0) is 11.5 Å². The van der Waals surface area contributed by atoms with Crippen molar-refractivity contribution >= 4 is 22.0 Å². The second kappa shape index (κ2) is 4.39. The van der Waals surface area contributed by atoms with E-state index in [9.17, 15) is 8.76 Å². The molecule has 0 radical (unpaired) electrons. The Morgan fingerprint density at radius 3 is 2.67 bits per heavy atom. The van der Waals surface area contributed by atoms with Crippen molar-refractivity contribution in [1.29, 1.82) is 0 Å². The van der Waals surface area contributed by atoms with E-state index in [4.69, 9.17) is 4.84 Å². The van der Waals surface area contributed by atoms with Gasteiger partial charge in [-0.3, -0.25) is 4.21 Å². The lowest BCUT2D eigenvalue weighted by molar-refractivity contribution is 0.267. The highest BCUT2D eigenvalue weighted by Gasteiger charge is 2.00. The fraction of sp³-hybridized carbons (Fsp3) is 0. The summed E-state index contributed by atoms with van der Waals surface area (Å²) in [6, 6.07) is 13.0.